The van der Waals surface area contributed by atoms with Gasteiger partial charge in [-0.15, -0.1) is 0 Å². The van der Waals surface area contributed by atoms with E-state index < -0.39 is 0 Å². The number of anilines is 6. The van der Waals surface area contributed by atoms with E-state index in [0.29, 0.717) is 0 Å². The summed E-state index contributed by atoms with van der Waals surface area (Å²) >= 11 is 0. The van der Waals surface area contributed by atoms with E-state index in [1.165, 1.54) is 38.8 Å². The van der Waals surface area contributed by atoms with E-state index in [2.05, 4.69) is 167 Å². The monoisotopic (exact) mass is 782 g/mol. The normalized spacial score (nSPS) is 19.2. The minimum atomic E-state index is -0.255. The Bertz CT molecular complexity index is 2780. The van der Waals surface area contributed by atoms with Gasteiger partial charge >= 0.3 is 0 Å². The number of aryl methyl sites for hydroxylation is 2. The number of hydrogen-bond donors (Lipinski definition) is 0. The number of rotatable bonds is 2. The maximum Gasteiger partial charge on any atom is 0.257 e. The van der Waals surface area contributed by atoms with Gasteiger partial charge in [0.05, 0.1) is 5.69 Å². The second-order valence-electron chi connectivity index (χ2n) is 22.3. The van der Waals surface area contributed by atoms with Gasteiger partial charge < -0.3 is 9.32 Å². The highest BCUT2D eigenvalue weighted by molar-refractivity contribution is 7.01. The summed E-state index contributed by atoms with van der Waals surface area (Å²) in [5.74, 6) is 0.523. The Morgan fingerprint density at radius 1 is 0.576 bits per heavy atom. The first kappa shape index (κ1) is 38.4. The number of benzene rings is 5. The summed E-state index contributed by atoms with van der Waals surface area (Å²) in [6.07, 6.45) is 4.52. The molecule has 59 heavy (non-hydrogen) atoms. The molecule has 3 nitrogen and oxygen atoms in total. The topological polar surface area (TPSA) is 19.6 Å². The van der Waals surface area contributed by atoms with E-state index in [9.17, 15) is 0 Å². The van der Waals surface area contributed by atoms with Crippen molar-refractivity contribution in [2.45, 2.75) is 143 Å². The zero-order valence-corrected chi connectivity index (χ0v) is 37.6. The van der Waals surface area contributed by atoms with Crippen molar-refractivity contribution in [1.82, 2.24) is 0 Å². The first-order valence-electron chi connectivity index (χ1n) is 22.0. The molecule has 0 amide bonds. The molecular formula is C54H60BFN2O. The largest absolute Gasteiger partial charge is 0.440 e. The van der Waals surface area contributed by atoms with E-state index >= 15 is 4.39 Å². The highest BCUT2D eigenvalue weighted by Crippen LogP contribution is 2.53. The molecule has 0 fully saturated rings. The summed E-state index contributed by atoms with van der Waals surface area (Å²) in [4.78, 5) is 4.66. The second kappa shape index (κ2) is 12.2. The predicted octanol–water partition coefficient (Wildman–Crippen LogP) is 13.3. The zero-order chi connectivity index (χ0) is 41.9. The molecule has 0 bridgehead atoms. The Morgan fingerprint density at radius 2 is 1.17 bits per heavy atom. The van der Waals surface area contributed by atoms with Crippen molar-refractivity contribution in [3.05, 3.63) is 124 Å². The molecule has 0 saturated heterocycles. The van der Waals surface area contributed by atoms with Gasteiger partial charge in [0.2, 0.25) is 5.88 Å². The lowest BCUT2D eigenvalue weighted by Crippen LogP contribution is -2.61. The van der Waals surface area contributed by atoms with Gasteiger partial charge in [-0.25, -0.2) is 4.39 Å². The molecule has 2 aliphatic carbocycles. The van der Waals surface area contributed by atoms with E-state index in [-0.39, 0.29) is 39.6 Å². The third-order valence-corrected chi connectivity index (χ3v) is 15.2. The van der Waals surface area contributed by atoms with Crippen LogP contribution in [0.15, 0.2) is 83.3 Å². The lowest BCUT2D eigenvalue weighted by Gasteiger charge is -2.47. The quantitative estimate of drug-likeness (QED) is 0.163. The fraction of sp³-hybridized carbons (Fsp3) is 0.407. The van der Waals surface area contributed by atoms with Gasteiger partial charge in [0.25, 0.3) is 6.71 Å². The molecular weight excluding hydrogens is 722 g/mol. The van der Waals surface area contributed by atoms with E-state index in [1.807, 2.05) is 6.07 Å². The van der Waals surface area contributed by atoms with Gasteiger partial charge in [0.1, 0.15) is 11.4 Å². The minimum absolute atomic E-state index is 0.00252. The SMILES string of the molecule is Cc1ccc2oc3c(c2c1)B1c2cc4c(cc2N(c2ccc5c(c2)C(C)(C)CCC5(C)C)c2cc(F)cc(c21)N3c1ccc(C(C)(C)C)cc1C)C(C)(C)CCC4(C)C. The van der Waals surface area contributed by atoms with Crippen LogP contribution in [0.2, 0.25) is 0 Å². The van der Waals surface area contributed by atoms with Gasteiger partial charge in [-0.3, -0.25) is 4.90 Å². The molecule has 3 heterocycles. The number of hydrogen-bond acceptors (Lipinski definition) is 3. The molecule has 302 valence electrons. The predicted molar refractivity (Wildman–Crippen MR) is 249 cm³/mol. The van der Waals surface area contributed by atoms with Gasteiger partial charge in [0.15, 0.2) is 0 Å². The summed E-state index contributed by atoms with van der Waals surface area (Å²) in [5, 5.41) is 1.12. The molecule has 0 saturated carbocycles. The Morgan fingerprint density at radius 3 is 1.80 bits per heavy atom. The Kier molecular flexibility index (Phi) is 7.93. The van der Waals surface area contributed by atoms with Crippen LogP contribution in [0.25, 0.3) is 11.0 Å². The molecule has 6 aromatic rings. The second-order valence-corrected chi connectivity index (χ2v) is 22.3. The zero-order valence-electron chi connectivity index (χ0n) is 37.6. The van der Waals surface area contributed by atoms with Gasteiger partial charge in [0, 0.05) is 33.6 Å². The highest BCUT2D eigenvalue weighted by atomic mass is 19.1. The van der Waals surface area contributed by atoms with Crippen LogP contribution in [0.1, 0.15) is 141 Å². The van der Waals surface area contributed by atoms with E-state index in [1.54, 1.807) is 6.07 Å². The van der Waals surface area contributed by atoms with Crippen LogP contribution in [-0.4, -0.2) is 6.71 Å². The molecule has 0 atom stereocenters. The van der Waals surface area contributed by atoms with Gasteiger partial charge in [-0.05, 0) is 159 Å². The van der Waals surface area contributed by atoms with Gasteiger partial charge in [-0.1, -0.05) is 112 Å². The van der Waals surface area contributed by atoms with Crippen LogP contribution in [0.3, 0.4) is 0 Å². The fourth-order valence-electron chi connectivity index (χ4n) is 11.3. The van der Waals surface area contributed by atoms with E-state index in [0.717, 1.165) is 87.5 Å². The number of nitrogens with zero attached hydrogens (tertiary/aromatic N) is 2. The van der Waals surface area contributed by atoms with Crippen LogP contribution in [0.4, 0.5) is 38.7 Å². The van der Waals surface area contributed by atoms with Gasteiger partial charge in [-0.2, -0.15) is 0 Å². The van der Waals surface area contributed by atoms with Crippen molar-refractivity contribution in [1.29, 1.82) is 0 Å². The number of furan rings is 1. The van der Waals surface area contributed by atoms with Crippen LogP contribution < -0.4 is 26.2 Å². The molecule has 2 aliphatic heterocycles. The number of fused-ring (bicyclic) bond motifs is 8. The fourth-order valence-corrected chi connectivity index (χ4v) is 11.3. The summed E-state index contributed by atoms with van der Waals surface area (Å²) in [6.45, 7) is 30.2. The first-order valence-corrected chi connectivity index (χ1v) is 22.0. The van der Waals surface area contributed by atoms with Crippen molar-refractivity contribution >= 4 is 68.4 Å². The lowest BCUT2D eigenvalue weighted by atomic mass is 9.33. The molecule has 0 spiro atoms. The maximum atomic E-state index is 16.9. The smallest absolute Gasteiger partial charge is 0.257 e. The van der Waals surface area contributed by atoms with Crippen molar-refractivity contribution in [2.24, 2.45) is 0 Å². The number of halogens is 1. The lowest BCUT2D eigenvalue weighted by molar-refractivity contribution is 0.332. The molecule has 1 aromatic heterocycles. The Labute approximate surface area is 352 Å². The van der Waals surface area contributed by atoms with Crippen LogP contribution in [0.5, 0.6) is 0 Å². The van der Waals surface area contributed by atoms with Crippen molar-refractivity contribution in [2.75, 3.05) is 9.80 Å². The van der Waals surface area contributed by atoms with E-state index in [4.69, 9.17) is 4.42 Å². The average Bonchev–Trinajstić information content (AvgIpc) is 3.52. The highest BCUT2D eigenvalue weighted by Gasteiger charge is 2.49. The molecule has 4 aliphatic rings. The van der Waals surface area contributed by atoms with Crippen LogP contribution in [0, 0.1) is 19.7 Å². The van der Waals surface area contributed by atoms with Crippen molar-refractivity contribution in [3.63, 3.8) is 0 Å². The van der Waals surface area contributed by atoms with Crippen LogP contribution in [-0.2, 0) is 27.1 Å². The summed E-state index contributed by atoms with van der Waals surface area (Å²) in [6, 6.07) is 29.1. The summed E-state index contributed by atoms with van der Waals surface area (Å²) in [5.41, 5.74) is 18.7. The molecule has 10 rings (SSSR count). The molecule has 5 aromatic carbocycles. The third-order valence-electron chi connectivity index (χ3n) is 15.2. The Hall–Kier alpha value is -4.77. The van der Waals surface area contributed by atoms with Crippen molar-refractivity contribution in [3.8, 4) is 0 Å². The molecule has 0 N–H and O–H groups in total. The molecule has 0 radical (unpaired) electrons. The average molecular weight is 783 g/mol. The molecule has 5 heteroatoms. The Balaban J connectivity index is 1.34. The molecule has 0 unspecified atom stereocenters. The minimum Gasteiger partial charge on any atom is -0.440 e. The van der Waals surface area contributed by atoms with Crippen molar-refractivity contribution < 1.29 is 8.81 Å². The van der Waals surface area contributed by atoms with Crippen LogP contribution >= 0.6 is 0 Å². The standard InChI is InChI=1S/C54H60BFN2O/c1-31-14-19-46-36(24-31)47-49(59-46)58(42-18-15-33(25-32(42)2)50(3,4)5)45-27-34(56)26-44-48(45)55(47)41-29-39-40(54(12,13)23-22-53(39,10)11)30-43(41)57(44)35-16-17-37-38(28-35)52(8,9)21-20-51(37,6)7/h14-19,24-30H,20-23H2,1-13H3. The summed E-state index contributed by atoms with van der Waals surface area (Å²) in [7, 11) is 0. The summed E-state index contributed by atoms with van der Waals surface area (Å²) < 4.78 is 24.0. The maximum absolute atomic E-state index is 16.9. The first-order chi connectivity index (χ1) is 27.6. The third kappa shape index (κ3) is 5.58.